The summed E-state index contributed by atoms with van der Waals surface area (Å²) in [5, 5.41) is 20.1. The number of nitro benzene ring substituents is 1. The standard InChI is InChI=1S/C12H16N2O4/c1-9-2-3-11(14(16)17)12(6-9)13-4-5-18-10(7-13)8-15/h2-3,6,10,15H,4-5,7-8H2,1H3. The van der Waals surface area contributed by atoms with E-state index in [1.165, 1.54) is 6.07 Å². The summed E-state index contributed by atoms with van der Waals surface area (Å²) in [5.74, 6) is 0. The molecule has 1 unspecified atom stereocenters. The van der Waals surface area contributed by atoms with E-state index in [0.717, 1.165) is 5.56 Å². The monoisotopic (exact) mass is 252 g/mol. The maximum Gasteiger partial charge on any atom is 0.292 e. The molecular formula is C12H16N2O4. The van der Waals surface area contributed by atoms with Gasteiger partial charge in [0.2, 0.25) is 0 Å². The minimum atomic E-state index is -0.377. The van der Waals surface area contributed by atoms with Gasteiger partial charge in [-0.25, -0.2) is 0 Å². The second-order valence-corrected chi connectivity index (χ2v) is 4.37. The predicted octanol–water partition coefficient (Wildman–Crippen LogP) is 1.10. The lowest BCUT2D eigenvalue weighted by molar-refractivity contribution is -0.384. The summed E-state index contributed by atoms with van der Waals surface area (Å²) in [6.45, 7) is 3.37. The molecule has 1 aromatic carbocycles. The summed E-state index contributed by atoms with van der Waals surface area (Å²) in [4.78, 5) is 12.5. The Kier molecular flexibility index (Phi) is 3.78. The molecule has 1 saturated heterocycles. The number of aliphatic hydroxyl groups excluding tert-OH is 1. The van der Waals surface area contributed by atoms with Crippen molar-refractivity contribution in [2.45, 2.75) is 13.0 Å². The van der Waals surface area contributed by atoms with Crippen molar-refractivity contribution in [2.24, 2.45) is 0 Å². The number of hydrogen-bond donors (Lipinski definition) is 1. The third kappa shape index (κ3) is 2.60. The molecule has 0 aromatic heterocycles. The highest BCUT2D eigenvalue weighted by molar-refractivity contribution is 5.64. The molecule has 2 rings (SSSR count). The SMILES string of the molecule is Cc1ccc([N+](=O)[O-])c(N2CCOC(CO)C2)c1. The van der Waals surface area contributed by atoms with E-state index < -0.39 is 0 Å². The van der Waals surface area contributed by atoms with Crippen molar-refractivity contribution < 1.29 is 14.8 Å². The molecule has 18 heavy (non-hydrogen) atoms. The van der Waals surface area contributed by atoms with Gasteiger partial charge in [0.05, 0.1) is 24.2 Å². The summed E-state index contributed by atoms with van der Waals surface area (Å²) in [5.41, 5.74) is 1.67. The first-order chi connectivity index (χ1) is 8.61. The van der Waals surface area contributed by atoms with E-state index in [-0.39, 0.29) is 23.3 Å². The van der Waals surface area contributed by atoms with Crippen molar-refractivity contribution in [1.82, 2.24) is 0 Å². The van der Waals surface area contributed by atoms with Crippen LogP contribution in [0.5, 0.6) is 0 Å². The lowest BCUT2D eigenvalue weighted by atomic mass is 10.1. The number of aryl methyl sites for hydroxylation is 1. The Hall–Kier alpha value is -1.66. The van der Waals surface area contributed by atoms with Gasteiger partial charge in [0.15, 0.2) is 0 Å². The summed E-state index contributed by atoms with van der Waals surface area (Å²) < 4.78 is 5.35. The molecule has 1 N–H and O–H groups in total. The fraction of sp³-hybridized carbons (Fsp3) is 0.500. The van der Waals surface area contributed by atoms with E-state index in [1.807, 2.05) is 11.8 Å². The van der Waals surface area contributed by atoms with Gasteiger partial charge in [-0.2, -0.15) is 0 Å². The topological polar surface area (TPSA) is 75.8 Å². The highest BCUT2D eigenvalue weighted by Gasteiger charge is 2.25. The summed E-state index contributed by atoms with van der Waals surface area (Å²) in [6, 6.07) is 5.05. The number of rotatable bonds is 3. The quantitative estimate of drug-likeness (QED) is 0.644. The van der Waals surface area contributed by atoms with Crippen molar-refractivity contribution in [1.29, 1.82) is 0 Å². The van der Waals surface area contributed by atoms with Gasteiger partial charge in [0, 0.05) is 19.2 Å². The molecule has 0 aliphatic carbocycles. The average molecular weight is 252 g/mol. The van der Waals surface area contributed by atoms with Crippen molar-refractivity contribution >= 4 is 11.4 Å². The molecule has 1 aromatic rings. The number of anilines is 1. The highest BCUT2D eigenvalue weighted by Crippen LogP contribution is 2.30. The first-order valence-electron chi connectivity index (χ1n) is 5.84. The number of hydrogen-bond acceptors (Lipinski definition) is 5. The first-order valence-corrected chi connectivity index (χ1v) is 5.84. The summed E-state index contributed by atoms with van der Waals surface area (Å²) in [7, 11) is 0. The van der Waals surface area contributed by atoms with Crippen molar-refractivity contribution in [3.8, 4) is 0 Å². The van der Waals surface area contributed by atoms with E-state index in [2.05, 4.69) is 0 Å². The van der Waals surface area contributed by atoms with Crippen molar-refractivity contribution in [3.05, 3.63) is 33.9 Å². The molecule has 0 amide bonds. The maximum atomic E-state index is 11.0. The molecule has 1 fully saturated rings. The van der Waals surface area contributed by atoms with Crippen LogP contribution in [-0.2, 0) is 4.74 Å². The highest BCUT2D eigenvalue weighted by atomic mass is 16.6. The van der Waals surface area contributed by atoms with Crippen LogP contribution in [0, 0.1) is 17.0 Å². The third-order valence-electron chi connectivity index (χ3n) is 3.01. The Morgan fingerprint density at radius 1 is 1.61 bits per heavy atom. The Morgan fingerprint density at radius 2 is 2.39 bits per heavy atom. The van der Waals surface area contributed by atoms with Gasteiger partial charge in [0.1, 0.15) is 5.69 Å². The van der Waals surface area contributed by atoms with Crippen LogP contribution in [0.4, 0.5) is 11.4 Å². The van der Waals surface area contributed by atoms with Crippen LogP contribution in [0.2, 0.25) is 0 Å². The van der Waals surface area contributed by atoms with E-state index in [0.29, 0.717) is 25.4 Å². The van der Waals surface area contributed by atoms with Gasteiger partial charge in [-0.15, -0.1) is 0 Å². The van der Waals surface area contributed by atoms with Crippen LogP contribution >= 0.6 is 0 Å². The number of nitro groups is 1. The van der Waals surface area contributed by atoms with Crippen LogP contribution < -0.4 is 4.90 Å². The van der Waals surface area contributed by atoms with Gasteiger partial charge >= 0.3 is 0 Å². The number of benzene rings is 1. The Labute approximate surface area is 105 Å². The molecule has 1 aliphatic heterocycles. The van der Waals surface area contributed by atoms with Gasteiger partial charge in [0.25, 0.3) is 5.69 Å². The molecule has 0 radical (unpaired) electrons. The molecule has 0 saturated carbocycles. The number of nitrogens with zero attached hydrogens (tertiary/aromatic N) is 2. The molecule has 0 bridgehead atoms. The smallest absolute Gasteiger partial charge is 0.292 e. The molecule has 1 aliphatic rings. The van der Waals surface area contributed by atoms with Crippen LogP contribution in [0.15, 0.2) is 18.2 Å². The van der Waals surface area contributed by atoms with E-state index in [1.54, 1.807) is 12.1 Å². The molecule has 1 atom stereocenters. The molecular weight excluding hydrogens is 236 g/mol. The lowest BCUT2D eigenvalue weighted by Gasteiger charge is -2.33. The molecule has 98 valence electrons. The Balaban J connectivity index is 2.31. The van der Waals surface area contributed by atoms with Gasteiger partial charge < -0.3 is 14.7 Å². The minimum Gasteiger partial charge on any atom is -0.394 e. The normalized spacial score (nSPS) is 19.9. The fourth-order valence-electron chi connectivity index (χ4n) is 2.09. The van der Waals surface area contributed by atoms with Gasteiger partial charge in [-0.05, 0) is 18.6 Å². The van der Waals surface area contributed by atoms with Crippen LogP contribution in [0.3, 0.4) is 0 Å². The lowest BCUT2D eigenvalue weighted by Crippen LogP contribution is -2.44. The zero-order valence-electron chi connectivity index (χ0n) is 10.2. The van der Waals surface area contributed by atoms with Crippen LogP contribution in [-0.4, -0.2) is 42.4 Å². The van der Waals surface area contributed by atoms with E-state index in [4.69, 9.17) is 9.84 Å². The predicted molar refractivity (Wildman–Crippen MR) is 66.9 cm³/mol. The molecule has 6 heteroatoms. The molecule has 6 nitrogen and oxygen atoms in total. The Bertz CT molecular complexity index is 450. The number of morpholine rings is 1. The van der Waals surface area contributed by atoms with Crippen molar-refractivity contribution in [3.63, 3.8) is 0 Å². The molecule has 1 heterocycles. The number of aliphatic hydroxyl groups is 1. The van der Waals surface area contributed by atoms with Crippen LogP contribution in [0.1, 0.15) is 5.56 Å². The first kappa shape index (κ1) is 12.8. The third-order valence-corrected chi connectivity index (χ3v) is 3.01. The van der Waals surface area contributed by atoms with E-state index in [9.17, 15) is 10.1 Å². The summed E-state index contributed by atoms with van der Waals surface area (Å²) >= 11 is 0. The second-order valence-electron chi connectivity index (χ2n) is 4.37. The fourth-order valence-corrected chi connectivity index (χ4v) is 2.09. The van der Waals surface area contributed by atoms with Gasteiger partial charge in [-0.1, -0.05) is 6.07 Å². The zero-order chi connectivity index (χ0) is 13.1. The largest absolute Gasteiger partial charge is 0.394 e. The van der Waals surface area contributed by atoms with Crippen LogP contribution in [0.25, 0.3) is 0 Å². The zero-order valence-corrected chi connectivity index (χ0v) is 10.2. The Morgan fingerprint density at radius 3 is 3.06 bits per heavy atom. The summed E-state index contributed by atoms with van der Waals surface area (Å²) in [6.07, 6.45) is -0.279. The number of ether oxygens (including phenoxy) is 1. The molecule has 0 spiro atoms. The van der Waals surface area contributed by atoms with Crippen molar-refractivity contribution in [2.75, 3.05) is 31.2 Å². The maximum absolute atomic E-state index is 11.0. The average Bonchev–Trinajstić information content (AvgIpc) is 2.38. The minimum absolute atomic E-state index is 0.0733. The van der Waals surface area contributed by atoms with Gasteiger partial charge in [-0.3, -0.25) is 10.1 Å². The van der Waals surface area contributed by atoms with E-state index >= 15 is 0 Å². The second kappa shape index (κ2) is 5.32.